The SMILES string of the molecule is CCCNC(=O)N1CCN(c2cccc(Br)c2)CC1. The molecule has 1 aliphatic heterocycles. The number of anilines is 1. The molecule has 2 amide bonds. The maximum Gasteiger partial charge on any atom is 0.317 e. The second kappa shape index (κ2) is 6.80. The molecular weight excluding hydrogens is 306 g/mol. The number of nitrogens with one attached hydrogen (secondary N) is 1. The molecule has 1 heterocycles. The Hall–Kier alpha value is -1.23. The predicted octanol–water partition coefficient (Wildman–Crippen LogP) is 2.69. The van der Waals surface area contributed by atoms with Crippen molar-refractivity contribution in [3.8, 4) is 0 Å². The average Bonchev–Trinajstić information content (AvgIpc) is 2.45. The highest BCUT2D eigenvalue weighted by Gasteiger charge is 2.20. The molecule has 0 saturated carbocycles. The van der Waals surface area contributed by atoms with Crippen molar-refractivity contribution < 1.29 is 4.79 Å². The number of halogens is 1. The van der Waals surface area contributed by atoms with E-state index in [2.05, 4.69) is 45.2 Å². The van der Waals surface area contributed by atoms with Crippen LogP contribution in [0.5, 0.6) is 0 Å². The number of carbonyl (C=O) groups is 1. The largest absolute Gasteiger partial charge is 0.368 e. The monoisotopic (exact) mass is 325 g/mol. The summed E-state index contributed by atoms with van der Waals surface area (Å²) < 4.78 is 1.09. The lowest BCUT2D eigenvalue weighted by Gasteiger charge is -2.36. The van der Waals surface area contributed by atoms with E-state index in [1.165, 1.54) is 5.69 Å². The van der Waals surface area contributed by atoms with Gasteiger partial charge in [0.1, 0.15) is 0 Å². The van der Waals surface area contributed by atoms with Crippen molar-refractivity contribution in [1.29, 1.82) is 0 Å². The third kappa shape index (κ3) is 3.86. The lowest BCUT2D eigenvalue weighted by Crippen LogP contribution is -2.52. The topological polar surface area (TPSA) is 35.6 Å². The molecule has 104 valence electrons. The molecule has 1 N–H and O–H groups in total. The van der Waals surface area contributed by atoms with Crippen LogP contribution in [0.1, 0.15) is 13.3 Å². The maximum atomic E-state index is 11.8. The Labute approximate surface area is 122 Å². The van der Waals surface area contributed by atoms with Gasteiger partial charge in [-0.05, 0) is 24.6 Å². The summed E-state index contributed by atoms with van der Waals surface area (Å²) in [5.74, 6) is 0. The Balaban J connectivity index is 1.87. The lowest BCUT2D eigenvalue weighted by molar-refractivity contribution is 0.194. The van der Waals surface area contributed by atoms with Crippen LogP contribution in [0.25, 0.3) is 0 Å². The summed E-state index contributed by atoms with van der Waals surface area (Å²) in [6.07, 6.45) is 0.976. The summed E-state index contributed by atoms with van der Waals surface area (Å²) in [6, 6.07) is 8.36. The molecule has 2 rings (SSSR count). The Bertz CT molecular complexity index is 430. The number of piperazine rings is 1. The van der Waals surface area contributed by atoms with Gasteiger partial charge in [-0.15, -0.1) is 0 Å². The fraction of sp³-hybridized carbons (Fsp3) is 0.500. The highest BCUT2D eigenvalue weighted by atomic mass is 79.9. The first kappa shape index (κ1) is 14.2. The van der Waals surface area contributed by atoms with E-state index < -0.39 is 0 Å². The average molecular weight is 326 g/mol. The molecule has 19 heavy (non-hydrogen) atoms. The molecular formula is C14H20BrN3O. The summed E-state index contributed by atoms with van der Waals surface area (Å²) in [5, 5.41) is 2.93. The van der Waals surface area contributed by atoms with Gasteiger partial charge in [0.25, 0.3) is 0 Å². The van der Waals surface area contributed by atoms with E-state index in [1.54, 1.807) is 0 Å². The summed E-state index contributed by atoms with van der Waals surface area (Å²) in [6.45, 7) is 6.15. The normalized spacial score (nSPS) is 15.5. The second-order valence-electron chi connectivity index (χ2n) is 4.69. The third-order valence-electron chi connectivity index (χ3n) is 3.27. The van der Waals surface area contributed by atoms with Gasteiger partial charge in [0, 0.05) is 42.9 Å². The first-order chi connectivity index (χ1) is 9.20. The fourth-order valence-corrected chi connectivity index (χ4v) is 2.57. The minimum atomic E-state index is 0.0655. The van der Waals surface area contributed by atoms with E-state index >= 15 is 0 Å². The minimum Gasteiger partial charge on any atom is -0.368 e. The molecule has 1 aliphatic rings. The number of benzene rings is 1. The van der Waals surface area contributed by atoms with Gasteiger partial charge < -0.3 is 15.1 Å². The van der Waals surface area contributed by atoms with E-state index in [0.29, 0.717) is 0 Å². The highest BCUT2D eigenvalue weighted by molar-refractivity contribution is 9.10. The first-order valence-electron chi connectivity index (χ1n) is 6.74. The van der Waals surface area contributed by atoms with Gasteiger partial charge in [0.15, 0.2) is 0 Å². The molecule has 0 aromatic heterocycles. The molecule has 1 fully saturated rings. The minimum absolute atomic E-state index is 0.0655. The van der Waals surface area contributed by atoms with Gasteiger partial charge >= 0.3 is 6.03 Å². The second-order valence-corrected chi connectivity index (χ2v) is 5.60. The summed E-state index contributed by atoms with van der Waals surface area (Å²) >= 11 is 3.49. The van der Waals surface area contributed by atoms with Crippen molar-refractivity contribution in [1.82, 2.24) is 10.2 Å². The van der Waals surface area contributed by atoms with Crippen LogP contribution in [-0.2, 0) is 0 Å². The van der Waals surface area contributed by atoms with E-state index in [0.717, 1.165) is 43.6 Å². The number of hydrogen-bond donors (Lipinski definition) is 1. The third-order valence-corrected chi connectivity index (χ3v) is 3.76. The molecule has 4 nitrogen and oxygen atoms in total. The number of nitrogens with zero attached hydrogens (tertiary/aromatic N) is 2. The summed E-state index contributed by atoms with van der Waals surface area (Å²) in [4.78, 5) is 16.0. The van der Waals surface area contributed by atoms with Crippen LogP contribution in [0.2, 0.25) is 0 Å². The zero-order valence-corrected chi connectivity index (χ0v) is 12.8. The Morgan fingerprint density at radius 1 is 1.32 bits per heavy atom. The molecule has 0 unspecified atom stereocenters. The smallest absolute Gasteiger partial charge is 0.317 e. The van der Waals surface area contributed by atoms with Gasteiger partial charge in [-0.25, -0.2) is 4.79 Å². The fourth-order valence-electron chi connectivity index (χ4n) is 2.18. The van der Waals surface area contributed by atoms with Gasteiger partial charge in [-0.2, -0.15) is 0 Å². The van der Waals surface area contributed by atoms with Gasteiger partial charge in [0.05, 0.1) is 0 Å². The van der Waals surface area contributed by atoms with Crippen LogP contribution in [0.4, 0.5) is 10.5 Å². The quantitative estimate of drug-likeness (QED) is 0.927. The molecule has 1 saturated heterocycles. The first-order valence-corrected chi connectivity index (χ1v) is 7.53. The molecule has 1 aromatic rings. The Morgan fingerprint density at radius 3 is 2.68 bits per heavy atom. The number of amides is 2. The number of hydrogen-bond acceptors (Lipinski definition) is 2. The van der Waals surface area contributed by atoms with Gasteiger partial charge in [-0.1, -0.05) is 28.9 Å². The van der Waals surface area contributed by atoms with Crippen molar-refractivity contribution >= 4 is 27.6 Å². The molecule has 0 bridgehead atoms. The van der Waals surface area contributed by atoms with Crippen molar-refractivity contribution in [2.45, 2.75) is 13.3 Å². The summed E-state index contributed by atoms with van der Waals surface area (Å²) in [7, 11) is 0. The van der Waals surface area contributed by atoms with Gasteiger partial charge in [0.2, 0.25) is 0 Å². The van der Waals surface area contributed by atoms with Crippen LogP contribution in [0.3, 0.4) is 0 Å². The number of carbonyl (C=O) groups excluding carboxylic acids is 1. The standard InChI is InChI=1S/C14H20BrN3O/c1-2-6-16-14(19)18-9-7-17(8-10-18)13-5-3-4-12(15)11-13/h3-5,11H,2,6-10H2,1H3,(H,16,19). The Morgan fingerprint density at radius 2 is 2.05 bits per heavy atom. The van der Waals surface area contributed by atoms with Crippen molar-refractivity contribution in [2.24, 2.45) is 0 Å². The summed E-state index contributed by atoms with van der Waals surface area (Å²) in [5.41, 5.74) is 1.21. The molecule has 0 aliphatic carbocycles. The van der Waals surface area contributed by atoms with E-state index in [9.17, 15) is 4.79 Å². The maximum absolute atomic E-state index is 11.8. The predicted molar refractivity (Wildman–Crippen MR) is 81.6 cm³/mol. The van der Waals surface area contributed by atoms with E-state index in [1.807, 2.05) is 17.0 Å². The van der Waals surface area contributed by atoms with Crippen LogP contribution in [-0.4, -0.2) is 43.7 Å². The molecule has 5 heteroatoms. The highest BCUT2D eigenvalue weighted by Crippen LogP contribution is 2.21. The Kier molecular flexibility index (Phi) is 5.07. The van der Waals surface area contributed by atoms with Crippen LogP contribution < -0.4 is 10.2 Å². The number of urea groups is 1. The molecule has 0 radical (unpaired) electrons. The molecule has 1 aromatic carbocycles. The van der Waals surface area contributed by atoms with Crippen molar-refractivity contribution in [3.05, 3.63) is 28.7 Å². The molecule has 0 atom stereocenters. The van der Waals surface area contributed by atoms with Crippen LogP contribution in [0, 0.1) is 0 Å². The van der Waals surface area contributed by atoms with E-state index in [4.69, 9.17) is 0 Å². The zero-order valence-electron chi connectivity index (χ0n) is 11.2. The van der Waals surface area contributed by atoms with E-state index in [-0.39, 0.29) is 6.03 Å². The number of rotatable bonds is 3. The zero-order chi connectivity index (χ0) is 13.7. The lowest BCUT2D eigenvalue weighted by atomic mass is 10.2. The van der Waals surface area contributed by atoms with Crippen molar-refractivity contribution in [3.63, 3.8) is 0 Å². The van der Waals surface area contributed by atoms with Crippen molar-refractivity contribution in [2.75, 3.05) is 37.6 Å². The van der Waals surface area contributed by atoms with Gasteiger partial charge in [-0.3, -0.25) is 0 Å². The van der Waals surface area contributed by atoms with Crippen LogP contribution in [0.15, 0.2) is 28.7 Å². The molecule has 0 spiro atoms. The van der Waals surface area contributed by atoms with Crippen LogP contribution >= 0.6 is 15.9 Å².